The van der Waals surface area contributed by atoms with Crippen LogP contribution in [0.25, 0.3) is 0 Å². The second-order valence-electron chi connectivity index (χ2n) is 5.15. The predicted octanol–water partition coefficient (Wildman–Crippen LogP) is 2.55. The van der Waals surface area contributed by atoms with Crippen LogP contribution in [0, 0.1) is 11.3 Å². The maximum absolute atomic E-state index is 12.7. The number of anilines is 1. The van der Waals surface area contributed by atoms with E-state index in [1.165, 1.54) is 6.07 Å². The summed E-state index contributed by atoms with van der Waals surface area (Å²) in [5.41, 5.74) is -0.316. The summed E-state index contributed by atoms with van der Waals surface area (Å²) in [7, 11) is 0. The number of rotatable bonds is 4. The van der Waals surface area contributed by atoms with Gasteiger partial charge in [-0.1, -0.05) is 0 Å². The molecule has 4 nitrogen and oxygen atoms in total. The lowest BCUT2D eigenvalue weighted by Gasteiger charge is -2.34. The molecule has 1 aromatic carbocycles. The van der Waals surface area contributed by atoms with E-state index in [1.807, 2.05) is 11.0 Å². The predicted molar refractivity (Wildman–Crippen MR) is 74.4 cm³/mol. The fraction of sp³-hybridized carbons (Fsp3) is 0.533. The zero-order valence-electron chi connectivity index (χ0n) is 11.9. The Labute approximate surface area is 126 Å². The molecule has 0 amide bonds. The molecule has 1 atom stereocenters. The van der Waals surface area contributed by atoms with Crippen LogP contribution in [0.5, 0.6) is 0 Å². The van der Waals surface area contributed by atoms with Crippen molar-refractivity contribution in [2.75, 3.05) is 31.2 Å². The summed E-state index contributed by atoms with van der Waals surface area (Å²) in [6, 6.07) is 5.06. The third-order valence-corrected chi connectivity index (χ3v) is 3.61. The van der Waals surface area contributed by atoms with Crippen LogP contribution < -0.4 is 4.90 Å². The molecule has 7 heteroatoms. The van der Waals surface area contributed by atoms with Gasteiger partial charge in [0.05, 0.1) is 36.1 Å². The smallest absolute Gasteiger partial charge is 0.394 e. The Morgan fingerprint density at radius 1 is 1.41 bits per heavy atom. The van der Waals surface area contributed by atoms with E-state index in [0.717, 1.165) is 25.0 Å². The number of piperidine rings is 1. The number of hydrogen-bond acceptors (Lipinski definition) is 4. The summed E-state index contributed by atoms with van der Waals surface area (Å²) in [5, 5.41) is 17.9. The molecule has 22 heavy (non-hydrogen) atoms. The molecule has 1 N–H and O–H groups in total. The normalized spacial score (nSPS) is 19.0. The summed E-state index contributed by atoms with van der Waals surface area (Å²) in [6.45, 7) is 1.33. The van der Waals surface area contributed by atoms with Gasteiger partial charge >= 0.3 is 6.18 Å². The largest absolute Gasteiger partial charge is 0.416 e. The van der Waals surface area contributed by atoms with Gasteiger partial charge in [0, 0.05) is 13.1 Å². The molecule has 0 spiro atoms. The third kappa shape index (κ3) is 3.90. The topological polar surface area (TPSA) is 56.5 Å². The molecule has 2 rings (SSSR count). The highest BCUT2D eigenvalue weighted by Crippen LogP contribution is 2.33. The Morgan fingerprint density at radius 3 is 2.82 bits per heavy atom. The second kappa shape index (κ2) is 6.99. The van der Waals surface area contributed by atoms with E-state index >= 15 is 0 Å². The fourth-order valence-electron chi connectivity index (χ4n) is 2.59. The summed E-state index contributed by atoms with van der Waals surface area (Å²) in [6.07, 6.45) is -2.89. The zero-order valence-corrected chi connectivity index (χ0v) is 11.9. The van der Waals surface area contributed by atoms with Crippen LogP contribution in [0.15, 0.2) is 18.2 Å². The van der Waals surface area contributed by atoms with Gasteiger partial charge in [-0.2, -0.15) is 18.4 Å². The quantitative estimate of drug-likeness (QED) is 0.928. The number of ether oxygens (including phenoxy) is 1. The number of halogens is 3. The minimum atomic E-state index is -4.46. The van der Waals surface area contributed by atoms with Gasteiger partial charge < -0.3 is 14.7 Å². The first-order chi connectivity index (χ1) is 10.5. The van der Waals surface area contributed by atoms with E-state index in [9.17, 15) is 13.2 Å². The van der Waals surface area contributed by atoms with Crippen molar-refractivity contribution >= 4 is 5.69 Å². The van der Waals surface area contributed by atoms with Crippen molar-refractivity contribution in [1.82, 2.24) is 0 Å². The first-order valence-electron chi connectivity index (χ1n) is 7.04. The van der Waals surface area contributed by atoms with Crippen molar-refractivity contribution < 1.29 is 23.0 Å². The molecule has 0 saturated carbocycles. The van der Waals surface area contributed by atoms with Gasteiger partial charge in [-0.3, -0.25) is 0 Å². The van der Waals surface area contributed by atoms with E-state index < -0.39 is 11.7 Å². The van der Waals surface area contributed by atoms with Crippen LogP contribution in [-0.4, -0.2) is 37.5 Å². The molecule has 0 bridgehead atoms. The average Bonchev–Trinajstić information content (AvgIpc) is 2.51. The number of alkyl halides is 3. The highest BCUT2D eigenvalue weighted by Gasteiger charge is 2.32. The molecule has 0 aliphatic carbocycles. The highest BCUT2D eigenvalue weighted by atomic mass is 19.4. The van der Waals surface area contributed by atoms with E-state index in [-0.39, 0.29) is 24.9 Å². The van der Waals surface area contributed by atoms with Crippen molar-refractivity contribution in [3.05, 3.63) is 29.3 Å². The molecule has 1 saturated heterocycles. The molecular formula is C15H17F3N2O2. The van der Waals surface area contributed by atoms with E-state index in [2.05, 4.69) is 0 Å². The summed E-state index contributed by atoms with van der Waals surface area (Å²) >= 11 is 0. The number of nitriles is 1. The Kier molecular flexibility index (Phi) is 5.27. The van der Waals surface area contributed by atoms with Crippen molar-refractivity contribution in [2.45, 2.75) is 25.1 Å². The molecule has 0 radical (unpaired) electrons. The Hall–Kier alpha value is -1.78. The minimum Gasteiger partial charge on any atom is -0.394 e. The molecular weight excluding hydrogens is 297 g/mol. The maximum Gasteiger partial charge on any atom is 0.416 e. The van der Waals surface area contributed by atoms with E-state index in [4.69, 9.17) is 15.1 Å². The lowest BCUT2D eigenvalue weighted by molar-refractivity contribution is -0.137. The first-order valence-corrected chi connectivity index (χ1v) is 7.04. The molecule has 120 valence electrons. The Morgan fingerprint density at radius 2 is 2.18 bits per heavy atom. The Balaban J connectivity index is 2.19. The monoisotopic (exact) mass is 314 g/mol. The van der Waals surface area contributed by atoms with Gasteiger partial charge in [0.2, 0.25) is 0 Å². The second-order valence-corrected chi connectivity index (χ2v) is 5.15. The summed E-state index contributed by atoms with van der Waals surface area (Å²) in [5.74, 6) is 0. The maximum atomic E-state index is 12.7. The Bertz CT molecular complexity index is 555. The molecule has 1 aliphatic heterocycles. The van der Waals surface area contributed by atoms with Crippen molar-refractivity contribution in [2.24, 2.45) is 0 Å². The summed E-state index contributed by atoms with van der Waals surface area (Å²) in [4.78, 5) is 1.87. The lowest BCUT2D eigenvalue weighted by atomic mass is 10.0. The van der Waals surface area contributed by atoms with Crippen molar-refractivity contribution in [3.8, 4) is 6.07 Å². The van der Waals surface area contributed by atoms with E-state index in [1.54, 1.807) is 0 Å². The summed E-state index contributed by atoms with van der Waals surface area (Å²) < 4.78 is 43.6. The van der Waals surface area contributed by atoms with Crippen LogP contribution in [-0.2, 0) is 10.9 Å². The van der Waals surface area contributed by atoms with Crippen LogP contribution >= 0.6 is 0 Å². The van der Waals surface area contributed by atoms with Crippen LogP contribution in [0.2, 0.25) is 0 Å². The standard InChI is InChI=1S/C15H17F3N2O2/c16-15(17,18)12-3-4-14(11(8-12)9-19)20-5-1-2-13(10-20)22-7-6-21/h3-4,8,13,21H,1-2,5-7,10H2/t13-/m0/s1. The van der Waals surface area contributed by atoms with Gasteiger partial charge in [-0.15, -0.1) is 0 Å². The molecule has 1 fully saturated rings. The van der Waals surface area contributed by atoms with Crippen LogP contribution in [0.3, 0.4) is 0 Å². The molecule has 1 aliphatic rings. The molecule has 0 aromatic heterocycles. The minimum absolute atomic E-state index is 0.0117. The van der Waals surface area contributed by atoms with Crippen molar-refractivity contribution in [1.29, 1.82) is 5.26 Å². The van der Waals surface area contributed by atoms with E-state index in [0.29, 0.717) is 18.8 Å². The van der Waals surface area contributed by atoms with Gasteiger partial charge in [0.15, 0.2) is 0 Å². The number of aliphatic hydroxyl groups is 1. The van der Waals surface area contributed by atoms with Gasteiger partial charge in [-0.05, 0) is 31.0 Å². The van der Waals surface area contributed by atoms with Crippen LogP contribution in [0.1, 0.15) is 24.0 Å². The van der Waals surface area contributed by atoms with Crippen LogP contribution in [0.4, 0.5) is 18.9 Å². The molecule has 1 heterocycles. The third-order valence-electron chi connectivity index (χ3n) is 3.61. The fourth-order valence-corrected chi connectivity index (χ4v) is 2.59. The van der Waals surface area contributed by atoms with Gasteiger partial charge in [0.1, 0.15) is 6.07 Å². The first kappa shape index (κ1) is 16.6. The highest BCUT2D eigenvalue weighted by molar-refractivity contribution is 5.61. The number of benzene rings is 1. The SMILES string of the molecule is N#Cc1cc(C(F)(F)F)ccc1N1CCC[C@H](OCCO)C1. The number of hydrogen-bond donors (Lipinski definition) is 1. The number of aliphatic hydroxyl groups excluding tert-OH is 1. The molecule has 1 aromatic rings. The van der Waals surface area contributed by atoms with Gasteiger partial charge in [0.25, 0.3) is 0 Å². The van der Waals surface area contributed by atoms with Crippen molar-refractivity contribution in [3.63, 3.8) is 0 Å². The lowest BCUT2D eigenvalue weighted by Crippen LogP contribution is -2.40. The molecule has 0 unspecified atom stereocenters. The number of nitrogens with zero attached hydrogens (tertiary/aromatic N) is 2. The zero-order chi connectivity index (χ0) is 16.2. The average molecular weight is 314 g/mol. The van der Waals surface area contributed by atoms with Gasteiger partial charge in [-0.25, -0.2) is 0 Å².